The number of phenolic OH excluding ortho intramolecular Hbond substituents is 1. The van der Waals surface area contributed by atoms with E-state index in [1.807, 2.05) is 0 Å². The Balaban J connectivity index is 2.19. The number of phenols is 1. The van der Waals surface area contributed by atoms with Crippen molar-refractivity contribution in [3.05, 3.63) is 48.0 Å². The minimum atomic E-state index is -1.56. The van der Waals surface area contributed by atoms with Crippen molar-refractivity contribution in [1.82, 2.24) is 25.9 Å². The van der Waals surface area contributed by atoms with E-state index in [0.29, 0.717) is 11.3 Å². The number of aliphatic imine (C=N–C) groups is 1. The Morgan fingerprint density at radius 1 is 0.905 bits per heavy atom. The predicted octanol–water partition coefficient (Wildman–Crippen LogP) is -3.30. The van der Waals surface area contributed by atoms with Gasteiger partial charge in [-0.25, -0.2) is 9.78 Å². The van der Waals surface area contributed by atoms with Gasteiger partial charge in [-0.1, -0.05) is 12.1 Å². The molecule has 4 atom stereocenters. The van der Waals surface area contributed by atoms with Gasteiger partial charge < -0.3 is 54.1 Å². The van der Waals surface area contributed by atoms with Gasteiger partial charge in [0.05, 0.1) is 18.8 Å². The van der Waals surface area contributed by atoms with Crippen LogP contribution in [0.5, 0.6) is 5.75 Å². The molecule has 14 N–H and O–H groups in total. The summed E-state index contributed by atoms with van der Waals surface area (Å²) >= 11 is 0. The molecular weight excluding hydrogens is 552 g/mol. The number of nitrogens with one attached hydrogen (secondary N) is 4. The number of nitrogens with zero attached hydrogens (tertiary/aromatic N) is 2. The van der Waals surface area contributed by atoms with Gasteiger partial charge in [0, 0.05) is 31.3 Å². The fraction of sp³-hybridized carbons (Fsp3) is 0.400. The van der Waals surface area contributed by atoms with Crippen LogP contribution in [-0.2, 0) is 36.8 Å². The molecule has 1 aromatic carbocycles. The molecule has 0 aliphatic carbocycles. The van der Waals surface area contributed by atoms with Gasteiger partial charge in [0.15, 0.2) is 5.96 Å². The zero-order valence-electron chi connectivity index (χ0n) is 22.7. The molecule has 0 saturated heterocycles. The highest BCUT2D eigenvalue weighted by Gasteiger charge is 2.31. The minimum absolute atomic E-state index is 0.0187. The van der Waals surface area contributed by atoms with Crippen LogP contribution in [0.3, 0.4) is 0 Å². The highest BCUT2D eigenvalue weighted by atomic mass is 16.4. The van der Waals surface area contributed by atoms with Crippen LogP contribution in [0.4, 0.5) is 0 Å². The number of carbonyl (C=O) groups is 5. The lowest BCUT2D eigenvalue weighted by atomic mass is 10.0. The number of H-pyrrole nitrogens is 1. The number of rotatable bonds is 17. The molecule has 17 nitrogen and oxygen atoms in total. The predicted molar refractivity (Wildman–Crippen MR) is 149 cm³/mol. The van der Waals surface area contributed by atoms with E-state index in [9.17, 15) is 34.2 Å². The average Bonchev–Trinajstić information content (AvgIpc) is 3.43. The number of carboxylic acid groups (broad SMARTS) is 1. The SMILES string of the molecule is NC(=O)CC(NC(=O)C(Cc1ccc(O)cc1)NC(=O)C(N)Cc1cnc[nH]1)C(=O)NC(CCCN=C(N)N)C(=O)O. The fourth-order valence-corrected chi connectivity index (χ4v) is 3.80. The van der Waals surface area contributed by atoms with Crippen molar-refractivity contribution in [3.8, 4) is 5.75 Å². The molecule has 0 fully saturated rings. The molecule has 2 aromatic rings. The van der Waals surface area contributed by atoms with Crippen LogP contribution in [0.25, 0.3) is 0 Å². The lowest BCUT2D eigenvalue weighted by Gasteiger charge is -2.25. The number of aromatic nitrogens is 2. The maximum absolute atomic E-state index is 13.4. The zero-order valence-corrected chi connectivity index (χ0v) is 22.7. The number of aromatic amines is 1. The molecule has 1 heterocycles. The second kappa shape index (κ2) is 16.2. The molecular formula is C25H36N10O7. The highest BCUT2D eigenvalue weighted by Crippen LogP contribution is 2.12. The van der Waals surface area contributed by atoms with Gasteiger partial charge in [0.25, 0.3) is 0 Å². The lowest BCUT2D eigenvalue weighted by Crippen LogP contribution is -2.58. The fourth-order valence-electron chi connectivity index (χ4n) is 3.80. The van der Waals surface area contributed by atoms with Crippen LogP contribution in [0.1, 0.15) is 30.5 Å². The maximum Gasteiger partial charge on any atom is 0.326 e. The number of guanidine groups is 1. The second-order valence-electron chi connectivity index (χ2n) is 9.40. The normalized spacial score (nSPS) is 13.5. The molecule has 2 rings (SSSR count). The molecule has 0 bridgehead atoms. The number of benzene rings is 1. The molecule has 0 saturated carbocycles. The number of aromatic hydroxyl groups is 1. The molecule has 0 aliphatic rings. The number of hydrogen-bond acceptors (Lipinski definition) is 9. The molecule has 0 aliphatic heterocycles. The Morgan fingerprint density at radius 3 is 2.10 bits per heavy atom. The topological polar surface area (TPSA) is 307 Å². The Morgan fingerprint density at radius 2 is 1.52 bits per heavy atom. The highest BCUT2D eigenvalue weighted by molar-refractivity contribution is 5.96. The monoisotopic (exact) mass is 588 g/mol. The number of primary amides is 1. The molecule has 0 radical (unpaired) electrons. The van der Waals surface area contributed by atoms with Crippen LogP contribution < -0.4 is 38.9 Å². The molecule has 1 aromatic heterocycles. The first-order valence-electron chi connectivity index (χ1n) is 12.8. The number of amides is 4. The van der Waals surface area contributed by atoms with Crippen LogP contribution in [0.15, 0.2) is 41.8 Å². The van der Waals surface area contributed by atoms with E-state index in [1.165, 1.54) is 36.8 Å². The third-order valence-electron chi connectivity index (χ3n) is 5.94. The van der Waals surface area contributed by atoms with Gasteiger partial charge >= 0.3 is 5.97 Å². The van der Waals surface area contributed by atoms with Crippen LogP contribution in [-0.4, -0.2) is 86.5 Å². The van der Waals surface area contributed by atoms with Crippen molar-refractivity contribution < 1.29 is 34.2 Å². The first-order valence-corrected chi connectivity index (χ1v) is 12.8. The summed E-state index contributed by atoms with van der Waals surface area (Å²) in [5.41, 5.74) is 22.9. The van der Waals surface area contributed by atoms with Crippen LogP contribution in [0.2, 0.25) is 0 Å². The average molecular weight is 589 g/mol. The summed E-state index contributed by atoms with van der Waals surface area (Å²) in [7, 11) is 0. The molecule has 17 heteroatoms. The summed E-state index contributed by atoms with van der Waals surface area (Å²) in [6.07, 6.45) is 2.42. The van der Waals surface area contributed by atoms with E-state index < -0.39 is 60.2 Å². The smallest absolute Gasteiger partial charge is 0.326 e. The van der Waals surface area contributed by atoms with Crippen molar-refractivity contribution in [2.45, 2.75) is 56.3 Å². The second-order valence-corrected chi connectivity index (χ2v) is 9.40. The summed E-state index contributed by atoms with van der Waals surface area (Å²) in [5.74, 6) is -5.04. The van der Waals surface area contributed by atoms with Crippen molar-refractivity contribution in [1.29, 1.82) is 0 Å². The first-order chi connectivity index (χ1) is 19.8. The van der Waals surface area contributed by atoms with Gasteiger partial charge in [-0.2, -0.15) is 0 Å². The summed E-state index contributed by atoms with van der Waals surface area (Å²) in [6.45, 7) is 0.116. The quantitative estimate of drug-likeness (QED) is 0.0495. The number of carbonyl (C=O) groups excluding carboxylic acids is 4. The van der Waals surface area contributed by atoms with Crippen LogP contribution >= 0.6 is 0 Å². The van der Waals surface area contributed by atoms with Crippen molar-refractivity contribution >= 4 is 35.6 Å². The molecule has 4 unspecified atom stereocenters. The summed E-state index contributed by atoms with van der Waals surface area (Å²) in [6, 6.07) is 0.532. The number of carboxylic acids is 1. The molecule has 4 amide bonds. The van der Waals surface area contributed by atoms with Crippen molar-refractivity contribution in [2.75, 3.05) is 6.54 Å². The number of aliphatic carboxylic acids is 1. The van der Waals surface area contributed by atoms with Gasteiger partial charge in [-0.05, 0) is 30.5 Å². The Labute approximate surface area is 240 Å². The molecule has 228 valence electrons. The zero-order chi connectivity index (χ0) is 31.2. The largest absolute Gasteiger partial charge is 0.508 e. The third-order valence-corrected chi connectivity index (χ3v) is 5.94. The maximum atomic E-state index is 13.4. The number of imidazole rings is 1. The van der Waals surface area contributed by atoms with Gasteiger partial charge in [0.1, 0.15) is 23.9 Å². The first kappa shape index (κ1) is 33.0. The van der Waals surface area contributed by atoms with Gasteiger partial charge in [-0.3, -0.25) is 24.2 Å². The van der Waals surface area contributed by atoms with Crippen molar-refractivity contribution in [3.63, 3.8) is 0 Å². The van der Waals surface area contributed by atoms with E-state index in [2.05, 4.69) is 30.9 Å². The standard InChI is InChI=1S/C25H36N10O7/c26-16(9-14-11-30-12-32-14)21(38)34-18(8-13-3-5-15(36)6-4-13)22(39)35-19(10-20(27)37)23(40)33-17(24(41)42)2-1-7-31-25(28)29/h3-6,11-12,16-19,36H,1-2,7-10,26H2,(H2,27,37)(H,30,32)(H,33,40)(H,34,38)(H,35,39)(H,41,42)(H4,28,29,31). The Kier molecular flexibility index (Phi) is 12.7. The van der Waals surface area contributed by atoms with Gasteiger partial charge in [0.2, 0.25) is 23.6 Å². The van der Waals surface area contributed by atoms with Crippen molar-refractivity contribution in [2.24, 2.45) is 27.9 Å². The van der Waals surface area contributed by atoms with Crippen LogP contribution in [0, 0.1) is 0 Å². The Hall–Kier alpha value is -5.19. The number of hydrogen-bond donors (Lipinski definition) is 10. The lowest BCUT2D eigenvalue weighted by molar-refractivity contribution is -0.142. The molecule has 42 heavy (non-hydrogen) atoms. The van der Waals surface area contributed by atoms with E-state index >= 15 is 0 Å². The summed E-state index contributed by atoms with van der Waals surface area (Å²) < 4.78 is 0. The van der Waals surface area contributed by atoms with E-state index in [-0.39, 0.29) is 43.9 Å². The molecule has 0 spiro atoms. The van der Waals surface area contributed by atoms with Gasteiger partial charge in [-0.15, -0.1) is 0 Å². The minimum Gasteiger partial charge on any atom is -0.508 e. The van der Waals surface area contributed by atoms with E-state index in [1.54, 1.807) is 0 Å². The Bertz CT molecular complexity index is 1250. The third kappa shape index (κ3) is 11.5. The van der Waals surface area contributed by atoms with E-state index in [0.717, 1.165) is 0 Å². The summed E-state index contributed by atoms with van der Waals surface area (Å²) in [5, 5.41) is 26.3. The summed E-state index contributed by atoms with van der Waals surface area (Å²) in [4.78, 5) is 73.1. The number of nitrogens with two attached hydrogens (primary N) is 4. The van der Waals surface area contributed by atoms with E-state index in [4.69, 9.17) is 22.9 Å².